The normalized spacial score (nSPS) is 12.7. The van der Waals surface area contributed by atoms with Gasteiger partial charge in [-0.15, -0.1) is 11.3 Å². The lowest BCUT2D eigenvalue weighted by molar-refractivity contribution is 0.0777. The fraction of sp³-hybridized carbons (Fsp3) is 0.455. The van der Waals surface area contributed by atoms with Crippen molar-refractivity contribution in [2.45, 2.75) is 47.6 Å². The summed E-state index contributed by atoms with van der Waals surface area (Å²) >= 11 is 1.39. The van der Waals surface area contributed by atoms with Gasteiger partial charge < -0.3 is 15.2 Å². The van der Waals surface area contributed by atoms with Gasteiger partial charge in [-0.05, 0) is 38.3 Å². The molecule has 3 aromatic rings. The largest absolute Gasteiger partial charge is 0.349 e. The van der Waals surface area contributed by atoms with E-state index in [2.05, 4.69) is 41.0 Å². The fourth-order valence-corrected chi connectivity index (χ4v) is 3.86. The number of hydrogen-bond acceptors (Lipinski definition) is 5. The third-order valence-electron chi connectivity index (χ3n) is 5.39. The van der Waals surface area contributed by atoms with Crippen LogP contribution in [-0.4, -0.2) is 50.8 Å². The average molecular weight is 428 g/mol. The second-order valence-electron chi connectivity index (χ2n) is 8.36. The molecule has 160 valence electrons. The zero-order valence-corrected chi connectivity index (χ0v) is 19.2. The van der Waals surface area contributed by atoms with Crippen LogP contribution >= 0.6 is 11.3 Å². The molecule has 3 aromatic heterocycles. The van der Waals surface area contributed by atoms with Crippen LogP contribution in [-0.2, 0) is 0 Å². The maximum absolute atomic E-state index is 12.8. The van der Waals surface area contributed by atoms with Crippen molar-refractivity contribution in [1.29, 1.82) is 0 Å². The molecule has 0 spiro atoms. The van der Waals surface area contributed by atoms with Gasteiger partial charge >= 0.3 is 0 Å². The molecule has 0 radical (unpaired) electrons. The molecule has 7 nitrogen and oxygen atoms in total. The molecule has 0 bridgehead atoms. The number of aromatic nitrogens is 3. The lowest BCUT2D eigenvalue weighted by Crippen LogP contribution is -2.41. The molecule has 0 aromatic carbocycles. The van der Waals surface area contributed by atoms with Crippen molar-refractivity contribution in [3.8, 4) is 10.6 Å². The third kappa shape index (κ3) is 4.38. The molecule has 3 rings (SSSR count). The van der Waals surface area contributed by atoms with E-state index < -0.39 is 0 Å². The molecule has 0 aliphatic carbocycles. The first-order valence-electron chi connectivity index (χ1n) is 10.2. The number of nitrogens with one attached hydrogen (secondary N) is 2. The van der Waals surface area contributed by atoms with Crippen molar-refractivity contribution >= 4 is 34.3 Å². The molecule has 0 unspecified atom stereocenters. The first-order valence-corrected chi connectivity index (χ1v) is 11.0. The number of H-pyrrole nitrogens is 1. The summed E-state index contributed by atoms with van der Waals surface area (Å²) in [4.78, 5) is 40.8. The molecule has 2 N–H and O–H groups in total. The van der Waals surface area contributed by atoms with Gasteiger partial charge in [-0.2, -0.15) is 0 Å². The van der Waals surface area contributed by atoms with E-state index in [0.29, 0.717) is 40.4 Å². The lowest BCUT2D eigenvalue weighted by atomic mass is 9.88. The van der Waals surface area contributed by atoms with Crippen LogP contribution in [0.15, 0.2) is 24.5 Å². The molecular formula is C22H29N5O2S. The van der Waals surface area contributed by atoms with Crippen molar-refractivity contribution in [3.05, 3.63) is 35.0 Å². The number of thiophene rings is 1. The summed E-state index contributed by atoms with van der Waals surface area (Å²) in [5, 5.41) is 3.04. The van der Waals surface area contributed by atoms with Crippen molar-refractivity contribution < 1.29 is 9.59 Å². The van der Waals surface area contributed by atoms with Crippen molar-refractivity contribution in [3.63, 3.8) is 0 Å². The van der Waals surface area contributed by atoms with Gasteiger partial charge in [-0.1, -0.05) is 20.8 Å². The number of amides is 2. The summed E-state index contributed by atoms with van der Waals surface area (Å²) in [6.45, 7) is 13.5. The summed E-state index contributed by atoms with van der Waals surface area (Å²) in [5.41, 5.74) is 2.14. The highest BCUT2D eigenvalue weighted by Gasteiger charge is 2.24. The second-order valence-corrected chi connectivity index (χ2v) is 9.44. The molecule has 0 aliphatic rings. The van der Waals surface area contributed by atoms with E-state index in [1.807, 2.05) is 32.9 Å². The van der Waals surface area contributed by atoms with E-state index in [9.17, 15) is 9.59 Å². The highest BCUT2D eigenvalue weighted by molar-refractivity contribution is 7.17. The number of hydrogen-bond donors (Lipinski definition) is 2. The number of rotatable bonds is 6. The molecule has 8 heteroatoms. The lowest BCUT2D eigenvalue weighted by Gasteiger charge is -2.27. The van der Waals surface area contributed by atoms with Gasteiger partial charge in [0.2, 0.25) is 0 Å². The van der Waals surface area contributed by atoms with Gasteiger partial charge in [-0.3, -0.25) is 9.59 Å². The summed E-state index contributed by atoms with van der Waals surface area (Å²) < 4.78 is 0. The number of aromatic amines is 1. The Morgan fingerprint density at radius 2 is 1.93 bits per heavy atom. The van der Waals surface area contributed by atoms with Crippen molar-refractivity contribution in [1.82, 2.24) is 25.2 Å². The van der Waals surface area contributed by atoms with Gasteiger partial charge in [-0.25, -0.2) is 9.97 Å². The zero-order chi connectivity index (χ0) is 22.1. The Morgan fingerprint density at radius 3 is 2.57 bits per heavy atom. The smallest absolute Gasteiger partial charge is 0.263 e. The second kappa shape index (κ2) is 8.55. The minimum atomic E-state index is -0.182. The minimum absolute atomic E-state index is 0.00274. The zero-order valence-electron chi connectivity index (χ0n) is 18.4. The predicted molar refractivity (Wildman–Crippen MR) is 121 cm³/mol. The molecule has 0 fully saturated rings. The van der Waals surface area contributed by atoms with E-state index in [4.69, 9.17) is 0 Å². The number of carbonyl (C=O) groups excluding carboxylic acids is 2. The van der Waals surface area contributed by atoms with E-state index in [-0.39, 0.29) is 23.3 Å². The van der Waals surface area contributed by atoms with Crippen molar-refractivity contribution in [2.24, 2.45) is 5.41 Å². The van der Waals surface area contributed by atoms with Crippen LogP contribution in [0.2, 0.25) is 0 Å². The monoisotopic (exact) mass is 427 g/mol. The predicted octanol–water partition coefficient (Wildman–Crippen LogP) is 4.33. The molecule has 0 saturated heterocycles. The van der Waals surface area contributed by atoms with Crippen LogP contribution in [0, 0.1) is 5.41 Å². The SMILES string of the molecule is CCN(CC)C(=O)c1ccc(-c2cnc3[nH]cc(C(=O)N[C@@H](C)C(C)(C)C)c3n2)s1. The Hall–Kier alpha value is -2.74. The van der Waals surface area contributed by atoms with Crippen LogP contribution in [0.3, 0.4) is 0 Å². The van der Waals surface area contributed by atoms with E-state index in [1.165, 1.54) is 11.3 Å². The van der Waals surface area contributed by atoms with E-state index in [0.717, 1.165) is 4.88 Å². The Kier molecular flexibility index (Phi) is 6.26. The highest BCUT2D eigenvalue weighted by atomic mass is 32.1. The summed E-state index contributed by atoms with van der Waals surface area (Å²) in [5.74, 6) is -0.165. The number of fused-ring (bicyclic) bond motifs is 1. The van der Waals surface area contributed by atoms with Gasteiger partial charge in [0.15, 0.2) is 5.65 Å². The Morgan fingerprint density at radius 1 is 1.23 bits per heavy atom. The first-order chi connectivity index (χ1) is 14.2. The van der Waals surface area contributed by atoms with Crippen LogP contribution in [0.1, 0.15) is 61.6 Å². The first kappa shape index (κ1) is 22.0. The van der Waals surface area contributed by atoms with Gasteiger partial charge in [0.1, 0.15) is 5.52 Å². The molecule has 0 saturated carbocycles. The summed E-state index contributed by atoms with van der Waals surface area (Å²) in [6.07, 6.45) is 3.30. The van der Waals surface area contributed by atoms with E-state index >= 15 is 0 Å². The summed E-state index contributed by atoms with van der Waals surface area (Å²) in [7, 11) is 0. The molecule has 30 heavy (non-hydrogen) atoms. The Balaban J connectivity index is 1.90. The quantitative estimate of drug-likeness (QED) is 0.612. The standard InChI is InChI=1S/C22H29N5O2S/c1-7-27(8-2)21(29)17-10-9-16(30-17)15-12-24-19-18(26-15)14(11-23-19)20(28)25-13(3)22(4,5)6/h9-13H,7-8H2,1-6H3,(H,23,24)(H,25,28)/t13-/m0/s1. The van der Waals surface area contributed by atoms with Crippen LogP contribution < -0.4 is 5.32 Å². The molecule has 0 aliphatic heterocycles. The van der Waals surface area contributed by atoms with Crippen molar-refractivity contribution in [2.75, 3.05) is 13.1 Å². The number of carbonyl (C=O) groups is 2. The maximum Gasteiger partial charge on any atom is 0.263 e. The topological polar surface area (TPSA) is 91.0 Å². The van der Waals surface area contributed by atoms with Crippen LogP contribution in [0.5, 0.6) is 0 Å². The third-order valence-corrected chi connectivity index (χ3v) is 6.49. The van der Waals surface area contributed by atoms with Gasteiger partial charge in [0.25, 0.3) is 11.8 Å². The molecule has 2 amide bonds. The fourth-order valence-electron chi connectivity index (χ4n) is 2.93. The Labute approximate surface area is 180 Å². The van der Waals surface area contributed by atoms with E-state index in [1.54, 1.807) is 17.3 Å². The van der Waals surface area contributed by atoms with Gasteiger partial charge in [0.05, 0.1) is 27.2 Å². The summed E-state index contributed by atoms with van der Waals surface area (Å²) in [6, 6.07) is 3.70. The Bertz CT molecular complexity index is 1060. The maximum atomic E-state index is 12.8. The molecular weight excluding hydrogens is 398 g/mol. The van der Waals surface area contributed by atoms with Gasteiger partial charge in [0, 0.05) is 25.3 Å². The van der Waals surface area contributed by atoms with Crippen LogP contribution in [0.4, 0.5) is 0 Å². The minimum Gasteiger partial charge on any atom is -0.349 e. The average Bonchev–Trinajstić information content (AvgIpc) is 3.34. The molecule has 1 atom stereocenters. The molecule has 3 heterocycles. The van der Waals surface area contributed by atoms with Crippen LogP contribution in [0.25, 0.3) is 21.7 Å². The highest BCUT2D eigenvalue weighted by Crippen LogP contribution is 2.29. The number of nitrogens with zero attached hydrogens (tertiary/aromatic N) is 3.